The van der Waals surface area contributed by atoms with Crippen molar-refractivity contribution in [2.45, 2.75) is 6.54 Å². The molecule has 2 aromatic rings. The maximum Gasteiger partial charge on any atom is 0.277 e. The first-order valence-corrected chi connectivity index (χ1v) is 7.99. The van der Waals surface area contributed by atoms with Crippen molar-refractivity contribution in [3.63, 3.8) is 0 Å². The molecule has 0 atom stereocenters. The van der Waals surface area contributed by atoms with Crippen LogP contribution in [0.5, 0.6) is 5.75 Å². The predicted octanol–water partition coefficient (Wildman–Crippen LogP) is 2.54. The summed E-state index contributed by atoms with van der Waals surface area (Å²) >= 11 is 0. The highest BCUT2D eigenvalue weighted by Crippen LogP contribution is 2.35. The molecule has 2 amide bonds. The summed E-state index contributed by atoms with van der Waals surface area (Å²) in [6.07, 6.45) is 0. The molecule has 1 heterocycles. The van der Waals surface area contributed by atoms with E-state index in [2.05, 4.69) is 0 Å². The fourth-order valence-corrected chi connectivity index (χ4v) is 3.01. The van der Waals surface area contributed by atoms with E-state index < -0.39 is 0 Å². The lowest BCUT2D eigenvalue weighted by Gasteiger charge is -2.21. The van der Waals surface area contributed by atoms with Crippen LogP contribution >= 0.6 is 0 Å². The van der Waals surface area contributed by atoms with Gasteiger partial charge in [0.2, 0.25) is 0 Å². The Bertz CT molecular complexity index is 843. The molecule has 5 nitrogen and oxygen atoms in total. The average Bonchev–Trinajstić information content (AvgIpc) is 2.86. The van der Waals surface area contributed by atoms with Crippen molar-refractivity contribution >= 4 is 17.4 Å². The molecule has 1 aliphatic rings. The Labute approximate surface area is 147 Å². The van der Waals surface area contributed by atoms with E-state index in [4.69, 9.17) is 4.74 Å². The molecule has 3 rings (SSSR count). The summed E-state index contributed by atoms with van der Waals surface area (Å²) in [4.78, 5) is 28.4. The molecule has 128 valence electrons. The van der Waals surface area contributed by atoms with E-state index in [0.29, 0.717) is 29.1 Å². The lowest BCUT2D eigenvalue weighted by atomic mass is 10.0. The van der Waals surface area contributed by atoms with Crippen molar-refractivity contribution < 1.29 is 14.3 Å². The van der Waals surface area contributed by atoms with Gasteiger partial charge in [0.25, 0.3) is 11.8 Å². The van der Waals surface area contributed by atoms with Crippen LogP contribution in [0.25, 0.3) is 5.57 Å². The van der Waals surface area contributed by atoms with Crippen LogP contribution in [-0.2, 0) is 16.1 Å². The van der Waals surface area contributed by atoms with Crippen LogP contribution < -0.4 is 4.74 Å². The van der Waals surface area contributed by atoms with Gasteiger partial charge in [-0.05, 0) is 11.6 Å². The molecule has 1 aliphatic heterocycles. The summed E-state index contributed by atoms with van der Waals surface area (Å²) in [6.45, 7) is 0.529. The molecule has 0 radical (unpaired) electrons. The molecule has 2 aromatic carbocycles. The number of ether oxygens (including phenoxy) is 1. The van der Waals surface area contributed by atoms with Crippen LogP contribution in [0.3, 0.4) is 0 Å². The third-order valence-corrected chi connectivity index (χ3v) is 4.28. The Morgan fingerprint density at radius 2 is 1.60 bits per heavy atom. The van der Waals surface area contributed by atoms with Crippen molar-refractivity contribution in [3.05, 3.63) is 71.4 Å². The fourth-order valence-electron chi connectivity index (χ4n) is 3.01. The summed E-state index contributed by atoms with van der Waals surface area (Å²) in [5.74, 6) is -0.0479. The minimum absolute atomic E-state index is 0.302. The second-order valence-electron chi connectivity index (χ2n) is 5.93. The largest absolute Gasteiger partial charge is 0.496 e. The molecular formula is C20H20N2O3. The number of para-hydroxylation sites is 1. The van der Waals surface area contributed by atoms with E-state index >= 15 is 0 Å². The highest BCUT2D eigenvalue weighted by molar-refractivity contribution is 6.35. The van der Waals surface area contributed by atoms with Gasteiger partial charge in [-0.15, -0.1) is 0 Å². The quantitative estimate of drug-likeness (QED) is 0.788. The number of nitrogens with zero attached hydrogens (tertiary/aromatic N) is 2. The molecule has 0 saturated carbocycles. The van der Waals surface area contributed by atoms with Gasteiger partial charge in [0.15, 0.2) is 0 Å². The minimum atomic E-state index is -0.315. The second-order valence-corrected chi connectivity index (χ2v) is 5.93. The highest BCUT2D eigenvalue weighted by atomic mass is 16.5. The molecule has 0 unspecified atom stereocenters. The number of carbonyl (C=O) groups is 2. The SMILES string of the molecule is COc1ccccc1C1=C(N(C)Cc2ccccc2)C(=O)N(C)C1=O. The number of amides is 2. The number of hydrogen-bond donors (Lipinski definition) is 0. The van der Waals surface area contributed by atoms with Crippen molar-refractivity contribution in [1.29, 1.82) is 0 Å². The topological polar surface area (TPSA) is 49.9 Å². The highest BCUT2D eigenvalue weighted by Gasteiger charge is 2.39. The number of rotatable bonds is 5. The molecule has 0 fully saturated rings. The standard InChI is InChI=1S/C20H20N2O3/c1-21(13-14-9-5-4-6-10-14)18-17(19(23)22(2)20(18)24)15-11-7-8-12-16(15)25-3/h4-12H,13H2,1-3H3. The number of methoxy groups -OCH3 is 1. The molecule has 0 spiro atoms. The molecule has 0 aliphatic carbocycles. The Morgan fingerprint density at radius 1 is 0.960 bits per heavy atom. The van der Waals surface area contributed by atoms with Crippen molar-refractivity contribution in [1.82, 2.24) is 9.80 Å². The van der Waals surface area contributed by atoms with Gasteiger partial charge in [-0.3, -0.25) is 14.5 Å². The van der Waals surface area contributed by atoms with Crippen LogP contribution in [0.4, 0.5) is 0 Å². The number of likely N-dealkylation sites (N-methyl/N-ethyl adjacent to an activating group) is 2. The summed E-state index contributed by atoms with van der Waals surface area (Å²) in [5.41, 5.74) is 2.46. The molecule has 0 saturated heterocycles. The van der Waals surface area contributed by atoms with Gasteiger partial charge >= 0.3 is 0 Å². The number of hydrogen-bond acceptors (Lipinski definition) is 4. The monoisotopic (exact) mass is 336 g/mol. The van der Waals surface area contributed by atoms with Crippen molar-refractivity contribution in [3.8, 4) is 5.75 Å². The van der Waals surface area contributed by atoms with E-state index in [1.54, 1.807) is 19.2 Å². The molecule has 5 heteroatoms. The summed E-state index contributed by atoms with van der Waals surface area (Å²) in [5, 5.41) is 0. The lowest BCUT2D eigenvalue weighted by molar-refractivity contribution is -0.135. The zero-order valence-electron chi connectivity index (χ0n) is 14.5. The van der Waals surface area contributed by atoms with Gasteiger partial charge in [-0.25, -0.2) is 0 Å². The molecule has 0 bridgehead atoms. The summed E-state index contributed by atoms with van der Waals surface area (Å²) in [7, 11) is 4.88. The van der Waals surface area contributed by atoms with Gasteiger partial charge in [0.1, 0.15) is 11.4 Å². The zero-order valence-corrected chi connectivity index (χ0v) is 14.5. The lowest BCUT2D eigenvalue weighted by Crippen LogP contribution is -2.30. The van der Waals surface area contributed by atoms with E-state index in [9.17, 15) is 9.59 Å². The van der Waals surface area contributed by atoms with Gasteiger partial charge in [-0.1, -0.05) is 48.5 Å². The molecular weight excluding hydrogens is 316 g/mol. The van der Waals surface area contributed by atoms with Gasteiger partial charge < -0.3 is 9.64 Å². The fraction of sp³-hybridized carbons (Fsp3) is 0.200. The van der Waals surface area contributed by atoms with E-state index in [0.717, 1.165) is 10.5 Å². The van der Waals surface area contributed by atoms with Gasteiger partial charge in [0.05, 0.1) is 12.7 Å². The van der Waals surface area contributed by atoms with Crippen LogP contribution in [0.1, 0.15) is 11.1 Å². The molecule has 25 heavy (non-hydrogen) atoms. The zero-order chi connectivity index (χ0) is 18.0. The van der Waals surface area contributed by atoms with E-state index in [1.807, 2.05) is 54.4 Å². The van der Waals surface area contributed by atoms with Crippen molar-refractivity contribution in [2.75, 3.05) is 21.2 Å². The summed E-state index contributed by atoms with van der Waals surface area (Å²) < 4.78 is 5.39. The Hall–Kier alpha value is -3.08. The summed E-state index contributed by atoms with van der Waals surface area (Å²) in [6, 6.07) is 17.1. The van der Waals surface area contributed by atoms with Crippen LogP contribution in [-0.4, -0.2) is 42.8 Å². The molecule has 0 N–H and O–H groups in total. The first-order valence-electron chi connectivity index (χ1n) is 7.99. The van der Waals surface area contributed by atoms with Crippen LogP contribution in [0.2, 0.25) is 0 Å². The first-order chi connectivity index (χ1) is 12.0. The third kappa shape index (κ3) is 3.01. The maximum absolute atomic E-state index is 12.7. The maximum atomic E-state index is 12.7. The van der Waals surface area contributed by atoms with Gasteiger partial charge in [-0.2, -0.15) is 0 Å². The predicted molar refractivity (Wildman–Crippen MR) is 95.6 cm³/mol. The second kappa shape index (κ2) is 6.81. The average molecular weight is 336 g/mol. The van der Waals surface area contributed by atoms with Gasteiger partial charge in [0, 0.05) is 26.2 Å². The van der Waals surface area contributed by atoms with Crippen LogP contribution in [0.15, 0.2) is 60.3 Å². The van der Waals surface area contributed by atoms with Crippen molar-refractivity contribution in [2.24, 2.45) is 0 Å². The number of imide groups is 1. The third-order valence-electron chi connectivity index (χ3n) is 4.28. The minimum Gasteiger partial charge on any atom is -0.496 e. The number of benzene rings is 2. The normalized spacial score (nSPS) is 14.3. The smallest absolute Gasteiger partial charge is 0.277 e. The molecule has 0 aromatic heterocycles. The Balaban J connectivity index is 2.09. The number of carbonyl (C=O) groups excluding carboxylic acids is 2. The van der Waals surface area contributed by atoms with Crippen LogP contribution in [0, 0.1) is 0 Å². The Kier molecular flexibility index (Phi) is 4.57. The Morgan fingerprint density at radius 3 is 2.28 bits per heavy atom. The van der Waals surface area contributed by atoms with E-state index in [-0.39, 0.29) is 11.8 Å². The first kappa shape index (κ1) is 16.8. The van der Waals surface area contributed by atoms with E-state index in [1.165, 1.54) is 7.05 Å².